The Hall–Kier alpha value is -3.63. The van der Waals surface area contributed by atoms with E-state index in [1.807, 2.05) is 12.1 Å². The Morgan fingerprint density at radius 3 is 2.46 bits per heavy atom. The van der Waals surface area contributed by atoms with Gasteiger partial charge in [0, 0.05) is 39.5 Å². The molecular weight excluding hydrogens is 380 g/mol. The van der Waals surface area contributed by atoms with Crippen molar-refractivity contribution in [3.05, 3.63) is 68.9 Å². The molecular formula is C20H15ClN4O3. The molecule has 7 nitrogen and oxygen atoms in total. The zero-order valence-corrected chi connectivity index (χ0v) is 15.8. The number of benzene rings is 2. The molecule has 0 atom stereocenters. The number of anilines is 1. The molecule has 3 rings (SSSR count). The topological polar surface area (TPSA) is 115 Å². The van der Waals surface area contributed by atoms with Crippen LogP contribution in [0.4, 0.5) is 11.5 Å². The summed E-state index contributed by atoms with van der Waals surface area (Å²) in [5.41, 5.74) is 8.64. The highest BCUT2D eigenvalue weighted by Gasteiger charge is 2.23. The molecule has 0 unspecified atom stereocenters. The summed E-state index contributed by atoms with van der Waals surface area (Å²) in [7, 11) is 1.56. The third kappa shape index (κ3) is 3.33. The van der Waals surface area contributed by atoms with Crippen molar-refractivity contribution in [3.63, 3.8) is 0 Å². The first-order chi connectivity index (χ1) is 13.4. The molecule has 0 bridgehead atoms. The Balaban J connectivity index is 2.41. The molecule has 0 aliphatic heterocycles. The standard InChI is InChI=1S/C20H15ClN4O3/c1-11-18(12-3-6-14(28-2)7-4-12)19(16(10-22)20(23)24-11)15-9-13(25(26)27)5-8-17(15)21/h3-9H,1-2H3,(H2,23,24). The van der Waals surface area contributed by atoms with Crippen LogP contribution in [0.5, 0.6) is 5.75 Å². The van der Waals surface area contributed by atoms with Crippen molar-refractivity contribution in [2.24, 2.45) is 0 Å². The maximum Gasteiger partial charge on any atom is 0.270 e. The fourth-order valence-corrected chi connectivity index (χ4v) is 3.25. The molecule has 0 spiro atoms. The first-order valence-corrected chi connectivity index (χ1v) is 8.54. The van der Waals surface area contributed by atoms with E-state index in [0.717, 1.165) is 5.56 Å². The van der Waals surface area contributed by atoms with Crippen LogP contribution >= 0.6 is 11.6 Å². The molecule has 0 saturated heterocycles. The highest BCUT2D eigenvalue weighted by atomic mass is 35.5. The molecule has 1 heterocycles. The van der Waals surface area contributed by atoms with Crippen molar-refractivity contribution in [2.45, 2.75) is 6.92 Å². The summed E-state index contributed by atoms with van der Waals surface area (Å²) in [6, 6.07) is 13.3. The predicted octanol–water partition coefficient (Wildman–Crippen LogP) is 4.75. The van der Waals surface area contributed by atoms with Gasteiger partial charge in [0.15, 0.2) is 0 Å². The van der Waals surface area contributed by atoms with Gasteiger partial charge in [-0.2, -0.15) is 5.26 Å². The number of hydrogen-bond acceptors (Lipinski definition) is 6. The number of halogens is 1. The zero-order valence-electron chi connectivity index (χ0n) is 15.1. The summed E-state index contributed by atoms with van der Waals surface area (Å²) in [4.78, 5) is 15.0. The average molecular weight is 395 g/mol. The van der Waals surface area contributed by atoms with Gasteiger partial charge in [-0.1, -0.05) is 23.7 Å². The number of rotatable bonds is 4. The molecule has 0 saturated carbocycles. The number of methoxy groups -OCH3 is 1. The third-order valence-electron chi connectivity index (χ3n) is 4.33. The Morgan fingerprint density at radius 2 is 1.89 bits per heavy atom. The average Bonchev–Trinajstić information content (AvgIpc) is 2.68. The van der Waals surface area contributed by atoms with Crippen LogP contribution < -0.4 is 10.5 Å². The fraction of sp³-hybridized carbons (Fsp3) is 0.100. The summed E-state index contributed by atoms with van der Waals surface area (Å²) in [6.45, 7) is 1.76. The number of aromatic nitrogens is 1. The van der Waals surface area contributed by atoms with Gasteiger partial charge in [0.05, 0.1) is 12.0 Å². The van der Waals surface area contributed by atoms with E-state index in [1.54, 1.807) is 26.2 Å². The highest BCUT2D eigenvalue weighted by Crippen LogP contribution is 2.42. The molecule has 0 radical (unpaired) electrons. The lowest BCUT2D eigenvalue weighted by molar-refractivity contribution is -0.384. The third-order valence-corrected chi connectivity index (χ3v) is 4.66. The molecule has 28 heavy (non-hydrogen) atoms. The Bertz CT molecular complexity index is 1120. The molecule has 0 fully saturated rings. The number of pyridine rings is 1. The minimum atomic E-state index is -0.518. The van der Waals surface area contributed by atoms with Gasteiger partial charge in [-0.25, -0.2) is 4.98 Å². The lowest BCUT2D eigenvalue weighted by Crippen LogP contribution is -2.04. The van der Waals surface area contributed by atoms with Crippen molar-refractivity contribution in [1.29, 1.82) is 5.26 Å². The molecule has 0 aliphatic carbocycles. The van der Waals surface area contributed by atoms with E-state index in [2.05, 4.69) is 11.1 Å². The minimum absolute atomic E-state index is 0.0369. The van der Waals surface area contributed by atoms with E-state index in [-0.39, 0.29) is 22.1 Å². The number of ether oxygens (including phenoxy) is 1. The van der Waals surface area contributed by atoms with Gasteiger partial charge in [0.25, 0.3) is 5.69 Å². The van der Waals surface area contributed by atoms with E-state index >= 15 is 0 Å². The zero-order chi connectivity index (χ0) is 20.4. The maximum atomic E-state index is 11.3. The molecule has 0 amide bonds. The van der Waals surface area contributed by atoms with E-state index in [9.17, 15) is 15.4 Å². The number of nitriles is 1. The summed E-state index contributed by atoms with van der Waals surface area (Å²) in [6.07, 6.45) is 0. The van der Waals surface area contributed by atoms with Crippen LogP contribution in [-0.2, 0) is 0 Å². The van der Waals surface area contributed by atoms with Gasteiger partial charge in [-0.15, -0.1) is 0 Å². The number of aryl methyl sites for hydroxylation is 1. The first kappa shape index (κ1) is 19.1. The lowest BCUT2D eigenvalue weighted by atomic mass is 9.90. The monoisotopic (exact) mass is 394 g/mol. The summed E-state index contributed by atoms with van der Waals surface area (Å²) in [5.74, 6) is 0.704. The van der Waals surface area contributed by atoms with Gasteiger partial charge < -0.3 is 10.5 Å². The predicted molar refractivity (Wildman–Crippen MR) is 107 cm³/mol. The van der Waals surface area contributed by atoms with Crippen LogP contribution in [0, 0.1) is 28.4 Å². The van der Waals surface area contributed by atoms with Gasteiger partial charge in [-0.05, 0) is 30.7 Å². The van der Waals surface area contributed by atoms with E-state index in [0.29, 0.717) is 28.1 Å². The largest absolute Gasteiger partial charge is 0.497 e. The number of nitrogens with two attached hydrogens (primary N) is 1. The molecule has 8 heteroatoms. The number of nitro groups is 1. The number of nitrogen functional groups attached to an aromatic ring is 1. The molecule has 0 aliphatic rings. The molecule has 2 N–H and O–H groups in total. The fourth-order valence-electron chi connectivity index (χ4n) is 3.04. The van der Waals surface area contributed by atoms with Gasteiger partial charge in [0.1, 0.15) is 23.2 Å². The lowest BCUT2D eigenvalue weighted by Gasteiger charge is -2.17. The Kier molecular flexibility index (Phi) is 5.16. The quantitative estimate of drug-likeness (QED) is 0.504. The Morgan fingerprint density at radius 1 is 1.21 bits per heavy atom. The normalized spacial score (nSPS) is 10.4. The smallest absolute Gasteiger partial charge is 0.270 e. The number of non-ortho nitro benzene ring substituents is 1. The van der Waals surface area contributed by atoms with Crippen molar-refractivity contribution in [2.75, 3.05) is 12.8 Å². The van der Waals surface area contributed by atoms with Crippen molar-refractivity contribution in [3.8, 4) is 34.1 Å². The van der Waals surface area contributed by atoms with Crippen LogP contribution in [0.1, 0.15) is 11.3 Å². The Labute approximate surface area is 166 Å². The van der Waals surface area contributed by atoms with Crippen LogP contribution in [0.25, 0.3) is 22.3 Å². The van der Waals surface area contributed by atoms with E-state index in [4.69, 9.17) is 22.1 Å². The number of nitro benzene ring substituents is 1. The second-order valence-electron chi connectivity index (χ2n) is 5.97. The van der Waals surface area contributed by atoms with E-state index < -0.39 is 4.92 Å². The van der Waals surface area contributed by atoms with Crippen molar-refractivity contribution in [1.82, 2.24) is 4.98 Å². The SMILES string of the molecule is COc1ccc(-c2c(C)nc(N)c(C#N)c2-c2cc([N+](=O)[O-])ccc2Cl)cc1. The van der Waals surface area contributed by atoms with Crippen molar-refractivity contribution < 1.29 is 9.66 Å². The minimum Gasteiger partial charge on any atom is -0.497 e. The number of hydrogen-bond donors (Lipinski definition) is 1. The molecule has 3 aromatic rings. The van der Waals surface area contributed by atoms with Gasteiger partial charge in [-0.3, -0.25) is 10.1 Å². The van der Waals surface area contributed by atoms with Gasteiger partial charge in [0.2, 0.25) is 0 Å². The number of nitrogens with zero attached hydrogens (tertiary/aromatic N) is 3. The van der Waals surface area contributed by atoms with Crippen LogP contribution in [0.15, 0.2) is 42.5 Å². The van der Waals surface area contributed by atoms with Crippen LogP contribution in [0.3, 0.4) is 0 Å². The highest BCUT2D eigenvalue weighted by molar-refractivity contribution is 6.33. The van der Waals surface area contributed by atoms with Crippen molar-refractivity contribution >= 4 is 23.1 Å². The molecule has 2 aromatic carbocycles. The second-order valence-corrected chi connectivity index (χ2v) is 6.38. The molecule has 1 aromatic heterocycles. The van der Waals surface area contributed by atoms with E-state index in [1.165, 1.54) is 18.2 Å². The molecule has 140 valence electrons. The van der Waals surface area contributed by atoms with Gasteiger partial charge >= 0.3 is 0 Å². The summed E-state index contributed by atoms with van der Waals surface area (Å²) in [5, 5.41) is 21.2. The maximum absolute atomic E-state index is 11.3. The second kappa shape index (κ2) is 7.55. The van der Waals surface area contributed by atoms with Crippen LogP contribution in [-0.4, -0.2) is 17.0 Å². The summed E-state index contributed by atoms with van der Waals surface area (Å²) < 4.78 is 5.19. The first-order valence-electron chi connectivity index (χ1n) is 8.16. The van der Waals surface area contributed by atoms with Crippen LogP contribution in [0.2, 0.25) is 5.02 Å². The summed E-state index contributed by atoms with van der Waals surface area (Å²) >= 11 is 6.36.